The van der Waals surface area contributed by atoms with Crippen molar-refractivity contribution < 1.29 is 23.9 Å². The molecule has 0 aromatic carbocycles. The number of carbonyl (C=O) groups is 3. The summed E-state index contributed by atoms with van der Waals surface area (Å²) in [6.07, 6.45) is 9.84. The third kappa shape index (κ3) is 9.90. The third-order valence-electron chi connectivity index (χ3n) is 6.53. The van der Waals surface area contributed by atoms with Gasteiger partial charge in [0.25, 0.3) is 0 Å². The fourth-order valence-electron chi connectivity index (χ4n) is 4.69. The summed E-state index contributed by atoms with van der Waals surface area (Å²) in [5.74, 6) is -1.25. The summed E-state index contributed by atoms with van der Waals surface area (Å²) in [6, 6.07) is -0.908. The summed E-state index contributed by atoms with van der Waals surface area (Å²) >= 11 is -2.45. The van der Waals surface area contributed by atoms with Gasteiger partial charge < -0.3 is 0 Å². The van der Waals surface area contributed by atoms with Crippen molar-refractivity contribution in [3.8, 4) is 0 Å². The molecule has 1 aliphatic heterocycles. The van der Waals surface area contributed by atoms with Gasteiger partial charge in [-0.1, -0.05) is 0 Å². The van der Waals surface area contributed by atoms with Gasteiger partial charge in [-0.25, -0.2) is 0 Å². The van der Waals surface area contributed by atoms with Crippen molar-refractivity contribution in [2.45, 2.75) is 125 Å². The van der Waals surface area contributed by atoms with Crippen molar-refractivity contribution in [1.82, 2.24) is 4.90 Å². The Balaban J connectivity index is 3.08. The van der Waals surface area contributed by atoms with Gasteiger partial charge in [-0.3, -0.25) is 0 Å². The van der Waals surface area contributed by atoms with Gasteiger partial charge in [-0.2, -0.15) is 0 Å². The summed E-state index contributed by atoms with van der Waals surface area (Å²) in [7, 11) is 0. The Labute approximate surface area is 212 Å². The molecule has 2 atom stereocenters. The molecule has 0 aromatic rings. The number of carbonyl (C=O) groups excluding carboxylic acids is 3. The first-order valence-electron chi connectivity index (χ1n) is 13.4. The van der Waals surface area contributed by atoms with Gasteiger partial charge in [0.15, 0.2) is 0 Å². The zero-order valence-corrected chi connectivity index (χ0v) is 25.6. The van der Waals surface area contributed by atoms with Crippen molar-refractivity contribution in [2.24, 2.45) is 5.92 Å². The number of rotatable bonds is 14. The van der Waals surface area contributed by atoms with E-state index in [9.17, 15) is 14.4 Å². The molecule has 0 radical (unpaired) electrons. The van der Waals surface area contributed by atoms with Gasteiger partial charge in [0.1, 0.15) is 0 Å². The summed E-state index contributed by atoms with van der Waals surface area (Å²) in [5.41, 5.74) is -0.750. The van der Waals surface area contributed by atoms with E-state index in [0.29, 0.717) is 12.8 Å². The zero-order chi connectivity index (χ0) is 25.8. The minimum atomic E-state index is -2.45. The van der Waals surface area contributed by atoms with Crippen molar-refractivity contribution >= 4 is 36.3 Å². The molecule has 1 aliphatic rings. The van der Waals surface area contributed by atoms with Crippen LogP contribution < -0.4 is 0 Å². The number of hydrogen-bond acceptors (Lipinski definition) is 5. The van der Waals surface area contributed by atoms with Gasteiger partial charge in [0.05, 0.1) is 0 Å². The molecule has 0 aliphatic carbocycles. The van der Waals surface area contributed by atoms with Crippen LogP contribution in [0.5, 0.6) is 0 Å². The molecule has 1 heterocycles. The van der Waals surface area contributed by atoms with Crippen LogP contribution in [0.25, 0.3) is 0 Å². The Morgan fingerprint density at radius 1 is 1.00 bits per heavy atom. The van der Waals surface area contributed by atoms with Crippen molar-refractivity contribution in [2.75, 3.05) is 6.61 Å². The van der Waals surface area contributed by atoms with Gasteiger partial charge in [-0.15, -0.1) is 0 Å². The fraction of sp³-hybridized carbons (Fsp3) is 0.815. The molecule has 0 unspecified atom stereocenters. The van der Waals surface area contributed by atoms with Crippen LogP contribution in [-0.4, -0.2) is 59.5 Å². The topological polar surface area (TPSA) is 72.9 Å². The molecule has 34 heavy (non-hydrogen) atoms. The first-order valence-corrected chi connectivity index (χ1v) is 21.1. The normalized spacial score (nSPS) is 19.1. The second kappa shape index (κ2) is 15.1. The van der Waals surface area contributed by atoms with E-state index in [-0.39, 0.29) is 12.5 Å². The molecule has 0 aromatic heterocycles. The Morgan fingerprint density at radius 3 is 1.97 bits per heavy atom. The molecule has 0 N–H and O–H groups in total. The molecule has 1 fully saturated rings. The van der Waals surface area contributed by atoms with E-state index in [1.807, 2.05) is 0 Å². The van der Waals surface area contributed by atoms with Crippen LogP contribution in [0.1, 0.15) is 99.8 Å². The Kier molecular flexibility index (Phi) is 13.8. The molecular weight excluding hydrogens is 537 g/mol. The summed E-state index contributed by atoms with van der Waals surface area (Å²) in [5, 5.41) is 0. The number of esters is 1. The fourth-order valence-corrected chi connectivity index (χ4v) is 19.1. The van der Waals surface area contributed by atoms with Crippen LogP contribution in [0.4, 0.5) is 4.79 Å². The molecule has 2 amide bonds. The van der Waals surface area contributed by atoms with Crippen LogP contribution in [0.2, 0.25) is 13.3 Å². The number of ether oxygens (including phenoxy) is 2. The number of allylic oxidation sites excluding steroid dienone is 1. The SMILES string of the molecule is CCC[CH2][Sn](/[CH]=C/C[C@@H]1C[C@@H](C(=O)OCC)N(C(=O)OC(C)(C)C)C1=O)([CH2]CCC)[CH2]CCC. The van der Waals surface area contributed by atoms with Gasteiger partial charge >= 0.3 is 213 Å². The minimum absolute atomic E-state index is 0.208. The average Bonchev–Trinajstić information content (AvgIpc) is 3.10. The second-order valence-corrected chi connectivity index (χ2v) is 23.7. The molecule has 1 saturated heterocycles. The number of imide groups is 1. The van der Waals surface area contributed by atoms with E-state index in [1.54, 1.807) is 27.7 Å². The van der Waals surface area contributed by atoms with Gasteiger partial charge in [0.2, 0.25) is 0 Å². The molecule has 7 heteroatoms. The number of hydrogen-bond donors (Lipinski definition) is 0. The van der Waals surface area contributed by atoms with Crippen LogP contribution in [0.15, 0.2) is 10.2 Å². The summed E-state index contributed by atoms with van der Waals surface area (Å²) in [6.45, 7) is 14.0. The Hall–Kier alpha value is -1.05. The number of amides is 2. The van der Waals surface area contributed by atoms with Crippen LogP contribution in [-0.2, 0) is 19.1 Å². The van der Waals surface area contributed by atoms with E-state index in [4.69, 9.17) is 9.47 Å². The number of nitrogens with zero attached hydrogens (tertiary/aromatic N) is 1. The van der Waals surface area contributed by atoms with E-state index in [2.05, 4.69) is 30.9 Å². The quantitative estimate of drug-likeness (QED) is 0.161. The van der Waals surface area contributed by atoms with Crippen LogP contribution in [0.3, 0.4) is 0 Å². The average molecular weight is 586 g/mol. The van der Waals surface area contributed by atoms with E-state index < -0.39 is 48.0 Å². The van der Waals surface area contributed by atoms with Crippen molar-refractivity contribution in [3.63, 3.8) is 0 Å². The Bertz CT molecular complexity index is 663. The molecule has 0 saturated carbocycles. The maximum absolute atomic E-state index is 13.2. The third-order valence-corrected chi connectivity index (χ3v) is 20.8. The van der Waals surface area contributed by atoms with Gasteiger partial charge in [-0.05, 0) is 0 Å². The predicted octanol–water partition coefficient (Wildman–Crippen LogP) is 7.04. The maximum atomic E-state index is 13.2. The number of unbranched alkanes of at least 4 members (excludes halogenated alkanes) is 3. The van der Waals surface area contributed by atoms with Crippen LogP contribution >= 0.6 is 0 Å². The summed E-state index contributed by atoms with van der Waals surface area (Å²) < 4.78 is 17.3. The molecule has 6 nitrogen and oxygen atoms in total. The molecular formula is C27H49NO5Sn. The first kappa shape index (κ1) is 31.0. The molecule has 1 rings (SSSR count). The first-order chi connectivity index (χ1) is 16.0. The molecule has 0 bridgehead atoms. The Morgan fingerprint density at radius 2 is 1.53 bits per heavy atom. The molecule has 196 valence electrons. The van der Waals surface area contributed by atoms with Crippen molar-refractivity contribution in [3.05, 3.63) is 10.2 Å². The monoisotopic (exact) mass is 587 g/mol. The number of likely N-dealkylation sites (tertiary alicyclic amines) is 1. The standard InChI is InChI=1S/C15H22NO5.3C4H9.Sn/c1-6-8-10-9-11(13(18)20-7-2)16(12(10)17)14(19)21-15(3,4)5;3*1-3-4-2;/h1,6,10-11H,7-9H2,2-5H3;3*1,3-4H2,2H3;/t10-,11+;;;;/m1..../s1. The summed E-state index contributed by atoms with van der Waals surface area (Å²) in [4.78, 5) is 39.6. The molecule has 0 spiro atoms. The van der Waals surface area contributed by atoms with Crippen LogP contribution in [0, 0.1) is 5.92 Å². The zero-order valence-electron chi connectivity index (χ0n) is 22.8. The van der Waals surface area contributed by atoms with E-state index >= 15 is 0 Å². The van der Waals surface area contributed by atoms with E-state index in [1.165, 1.54) is 51.8 Å². The van der Waals surface area contributed by atoms with Crippen molar-refractivity contribution in [1.29, 1.82) is 0 Å². The second-order valence-electron chi connectivity index (χ2n) is 10.7. The van der Waals surface area contributed by atoms with Gasteiger partial charge in [0, 0.05) is 0 Å². The predicted molar refractivity (Wildman–Crippen MR) is 140 cm³/mol. The van der Waals surface area contributed by atoms with E-state index in [0.717, 1.165) is 4.90 Å².